The molecule has 0 saturated carbocycles. The van der Waals surface area contributed by atoms with Crippen LogP contribution in [0.3, 0.4) is 0 Å². The molecule has 0 aromatic carbocycles. The van der Waals surface area contributed by atoms with Crippen molar-refractivity contribution in [3.8, 4) is 0 Å². The van der Waals surface area contributed by atoms with Gasteiger partial charge in [0.1, 0.15) is 6.54 Å². The van der Waals surface area contributed by atoms with E-state index < -0.39 is 0 Å². The molecule has 2 heterocycles. The first-order valence-corrected chi connectivity index (χ1v) is 8.96. The zero-order valence-electron chi connectivity index (χ0n) is 14.6. The number of carbonyl (C=O) groups is 2. The Hall–Kier alpha value is -1.14. The number of ether oxygens (including phenoxy) is 1. The maximum absolute atomic E-state index is 12.3. The molecule has 2 aliphatic rings. The van der Waals surface area contributed by atoms with Crippen molar-refractivity contribution in [3.05, 3.63) is 0 Å². The average molecular weight is 325 g/mol. The van der Waals surface area contributed by atoms with Gasteiger partial charge in [-0.25, -0.2) is 0 Å². The van der Waals surface area contributed by atoms with Crippen LogP contribution >= 0.6 is 0 Å². The minimum atomic E-state index is -0.338. The van der Waals surface area contributed by atoms with Gasteiger partial charge in [0.05, 0.1) is 13.2 Å². The van der Waals surface area contributed by atoms with E-state index in [0.717, 1.165) is 19.5 Å². The number of rotatable bonds is 7. The van der Waals surface area contributed by atoms with Gasteiger partial charge in [-0.1, -0.05) is 6.42 Å². The Morgan fingerprint density at radius 2 is 1.87 bits per heavy atom. The number of hydrogen-bond donors (Lipinski definition) is 0. The molecule has 0 spiro atoms. The van der Waals surface area contributed by atoms with E-state index in [9.17, 15) is 9.59 Å². The highest BCUT2D eigenvalue weighted by atomic mass is 16.5. The number of carbonyl (C=O) groups excluding carboxylic acids is 2. The Labute approximate surface area is 139 Å². The van der Waals surface area contributed by atoms with Crippen molar-refractivity contribution in [3.63, 3.8) is 0 Å². The lowest BCUT2D eigenvalue weighted by Gasteiger charge is -2.33. The van der Waals surface area contributed by atoms with E-state index in [1.807, 2.05) is 0 Å². The van der Waals surface area contributed by atoms with Crippen molar-refractivity contribution < 1.29 is 14.3 Å². The second-order valence-electron chi connectivity index (χ2n) is 6.68. The second kappa shape index (κ2) is 9.23. The third-order valence-corrected chi connectivity index (χ3v) is 4.85. The summed E-state index contributed by atoms with van der Waals surface area (Å²) in [5, 5.41) is 0. The van der Waals surface area contributed by atoms with Crippen LogP contribution in [-0.2, 0) is 14.3 Å². The summed E-state index contributed by atoms with van der Waals surface area (Å²) in [6.45, 7) is 7.03. The molecule has 6 heteroatoms. The van der Waals surface area contributed by atoms with Gasteiger partial charge in [-0.2, -0.15) is 0 Å². The van der Waals surface area contributed by atoms with Crippen LogP contribution in [0.1, 0.15) is 39.0 Å². The van der Waals surface area contributed by atoms with Crippen LogP contribution in [0, 0.1) is 0 Å². The number of likely N-dealkylation sites (tertiary alicyclic amines) is 2. The molecule has 0 aromatic rings. The highest BCUT2D eigenvalue weighted by Gasteiger charge is 2.29. The first kappa shape index (κ1) is 18.2. The van der Waals surface area contributed by atoms with Crippen molar-refractivity contribution in [1.82, 2.24) is 14.7 Å². The Balaban J connectivity index is 1.77. The summed E-state index contributed by atoms with van der Waals surface area (Å²) in [6, 6.07) is 0.480. The Morgan fingerprint density at radius 3 is 2.57 bits per heavy atom. The molecule has 1 unspecified atom stereocenters. The zero-order chi connectivity index (χ0) is 16.7. The molecule has 0 radical (unpaired) electrons. The largest absolute Gasteiger partial charge is 0.465 e. The Kier molecular flexibility index (Phi) is 7.30. The number of esters is 1. The van der Waals surface area contributed by atoms with E-state index in [-0.39, 0.29) is 18.4 Å². The van der Waals surface area contributed by atoms with Gasteiger partial charge in [0.15, 0.2) is 0 Å². The predicted octanol–water partition coefficient (Wildman–Crippen LogP) is 0.958. The fourth-order valence-electron chi connectivity index (χ4n) is 3.53. The third kappa shape index (κ3) is 5.77. The molecule has 1 amide bonds. The van der Waals surface area contributed by atoms with E-state index in [4.69, 9.17) is 4.74 Å². The summed E-state index contributed by atoms with van der Waals surface area (Å²) in [5.41, 5.74) is 0. The molecule has 2 fully saturated rings. The fourth-order valence-corrected chi connectivity index (χ4v) is 3.53. The molecule has 2 rings (SSSR count). The summed E-state index contributed by atoms with van der Waals surface area (Å²) < 4.78 is 4.90. The van der Waals surface area contributed by atoms with Crippen molar-refractivity contribution in [1.29, 1.82) is 0 Å². The van der Waals surface area contributed by atoms with E-state index in [0.29, 0.717) is 19.2 Å². The molecule has 0 aliphatic carbocycles. The topological polar surface area (TPSA) is 53.1 Å². The van der Waals surface area contributed by atoms with Crippen molar-refractivity contribution in [2.75, 3.05) is 52.9 Å². The second-order valence-corrected chi connectivity index (χ2v) is 6.68. The van der Waals surface area contributed by atoms with Gasteiger partial charge < -0.3 is 14.5 Å². The summed E-state index contributed by atoms with van der Waals surface area (Å²) in [6.07, 6.45) is 6.28. The standard InChI is InChI=1S/C17H31N3O3/c1-3-23-17(22)14-18(2)16(21)13-20-11-7-8-15(20)12-19-9-5-4-6-10-19/h15H,3-14H2,1-2H3. The van der Waals surface area contributed by atoms with Gasteiger partial charge in [-0.05, 0) is 52.2 Å². The van der Waals surface area contributed by atoms with Crippen LogP contribution in [-0.4, -0.2) is 85.5 Å². The minimum Gasteiger partial charge on any atom is -0.465 e. The number of hydrogen-bond acceptors (Lipinski definition) is 5. The first-order chi connectivity index (χ1) is 11.1. The molecular formula is C17H31N3O3. The molecule has 6 nitrogen and oxygen atoms in total. The van der Waals surface area contributed by atoms with E-state index in [2.05, 4.69) is 9.80 Å². The smallest absolute Gasteiger partial charge is 0.325 e. The van der Waals surface area contributed by atoms with E-state index >= 15 is 0 Å². The first-order valence-electron chi connectivity index (χ1n) is 8.96. The van der Waals surface area contributed by atoms with Crippen LogP contribution < -0.4 is 0 Å². The molecule has 23 heavy (non-hydrogen) atoms. The normalized spacial score (nSPS) is 23.0. The summed E-state index contributed by atoms with van der Waals surface area (Å²) >= 11 is 0. The molecule has 0 N–H and O–H groups in total. The molecule has 2 aliphatic heterocycles. The van der Waals surface area contributed by atoms with Crippen molar-refractivity contribution in [2.24, 2.45) is 0 Å². The SMILES string of the molecule is CCOC(=O)CN(C)C(=O)CN1CCCC1CN1CCCCC1. The van der Waals surface area contributed by atoms with E-state index in [1.165, 1.54) is 43.7 Å². The highest BCUT2D eigenvalue weighted by Crippen LogP contribution is 2.20. The molecular weight excluding hydrogens is 294 g/mol. The molecule has 1 atom stereocenters. The number of likely N-dealkylation sites (N-methyl/N-ethyl adjacent to an activating group) is 1. The highest BCUT2D eigenvalue weighted by molar-refractivity contribution is 5.83. The number of amides is 1. The van der Waals surface area contributed by atoms with Crippen LogP contribution in [0.15, 0.2) is 0 Å². The minimum absolute atomic E-state index is 0.00333. The molecule has 2 saturated heterocycles. The molecule has 0 bridgehead atoms. The number of nitrogens with zero attached hydrogens (tertiary/aromatic N) is 3. The quantitative estimate of drug-likeness (QED) is 0.653. The summed E-state index contributed by atoms with van der Waals surface area (Å²) in [7, 11) is 1.68. The van der Waals surface area contributed by atoms with Crippen LogP contribution in [0.5, 0.6) is 0 Å². The maximum atomic E-state index is 12.3. The van der Waals surface area contributed by atoms with Gasteiger partial charge in [-0.3, -0.25) is 14.5 Å². The zero-order valence-corrected chi connectivity index (χ0v) is 14.6. The van der Waals surface area contributed by atoms with Gasteiger partial charge in [-0.15, -0.1) is 0 Å². The van der Waals surface area contributed by atoms with Gasteiger partial charge in [0.2, 0.25) is 5.91 Å². The summed E-state index contributed by atoms with van der Waals surface area (Å²) in [4.78, 5) is 30.1. The van der Waals surface area contributed by atoms with Gasteiger partial charge in [0, 0.05) is 19.6 Å². The Bertz CT molecular complexity index is 397. The van der Waals surface area contributed by atoms with Crippen LogP contribution in [0.4, 0.5) is 0 Å². The Morgan fingerprint density at radius 1 is 1.13 bits per heavy atom. The molecule has 0 aromatic heterocycles. The lowest BCUT2D eigenvalue weighted by Crippen LogP contribution is -2.46. The third-order valence-electron chi connectivity index (χ3n) is 4.85. The number of piperidine rings is 1. The average Bonchev–Trinajstić information content (AvgIpc) is 2.95. The van der Waals surface area contributed by atoms with Gasteiger partial charge in [0.25, 0.3) is 0 Å². The lowest BCUT2D eigenvalue weighted by atomic mass is 10.1. The van der Waals surface area contributed by atoms with Crippen molar-refractivity contribution in [2.45, 2.75) is 45.1 Å². The van der Waals surface area contributed by atoms with Gasteiger partial charge >= 0.3 is 5.97 Å². The summed E-state index contributed by atoms with van der Waals surface area (Å²) in [5.74, 6) is -0.335. The maximum Gasteiger partial charge on any atom is 0.325 e. The fraction of sp³-hybridized carbons (Fsp3) is 0.882. The van der Waals surface area contributed by atoms with Crippen molar-refractivity contribution >= 4 is 11.9 Å². The predicted molar refractivity (Wildman–Crippen MR) is 89.2 cm³/mol. The van der Waals surface area contributed by atoms with Crippen LogP contribution in [0.25, 0.3) is 0 Å². The van der Waals surface area contributed by atoms with E-state index in [1.54, 1.807) is 14.0 Å². The monoisotopic (exact) mass is 325 g/mol. The van der Waals surface area contributed by atoms with Crippen LogP contribution in [0.2, 0.25) is 0 Å². The molecule has 132 valence electrons. The lowest BCUT2D eigenvalue weighted by molar-refractivity contribution is -0.148.